The summed E-state index contributed by atoms with van der Waals surface area (Å²) in [6.07, 6.45) is -0.0579. The van der Waals surface area contributed by atoms with E-state index in [2.05, 4.69) is 21.5 Å². The predicted molar refractivity (Wildman–Crippen MR) is 30.2 cm³/mol. The Bertz CT molecular complexity index is 74.1. The summed E-state index contributed by atoms with van der Waals surface area (Å²) in [5.74, 6) is 0. The summed E-state index contributed by atoms with van der Waals surface area (Å²) >= 11 is 0. The maximum Gasteiger partial charge on any atom is 0.126 e. The van der Waals surface area contributed by atoms with Crippen LogP contribution in [0, 0.1) is 0 Å². The summed E-state index contributed by atoms with van der Waals surface area (Å²) < 4.78 is 0. The Morgan fingerprint density at radius 1 is 1.50 bits per heavy atom. The van der Waals surface area contributed by atoms with Crippen molar-refractivity contribution >= 4 is 0 Å². The molecule has 0 aromatic rings. The van der Waals surface area contributed by atoms with Gasteiger partial charge in [0, 0.05) is 0 Å². The van der Waals surface area contributed by atoms with Crippen LogP contribution in [0.5, 0.6) is 0 Å². The van der Waals surface area contributed by atoms with Gasteiger partial charge in [0.15, 0.2) is 0 Å². The van der Waals surface area contributed by atoms with Gasteiger partial charge in [-0.2, -0.15) is 0 Å². The fraction of sp³-hybridized carbons (Fsp3) is 1.00. The van der Waals surface area contributed by atoms with E-state index in [0.717, 1.165) is 0 Å². The number of hydrogen-bond donors (Lipinski definition) is 5. The van der Waals surface area contributed by atoms with Crippen LogP contribution in [-0.2, 0) is 0 Å². The van der Waals surface area contributed by atoms with Crippen LogP contribution in [0.3, 0.4) is 0 Å². The lowest BCUT2D eigenvalue weighted by molar-refractivity contribution is 0.461. The maximum atomic E-state index is 5.38. The van der Waals surface area contributed by atoms with Crippen LogP contribution in [0.4, 0.5) is 0 Å². The first kappa shape index (κ1) is 5.93. The lowest BCUT2D eigenvalue weighted by Gasteiger charge is -2.06. The molecule has 48 valence electrons. The summed E-state index contributed by atoms with van der Waals surface area (Å²) in [6, 6.07) is 0. The Kier molecular flexibility index (Phi) is 1.77. The molecule has 5 nitrogen and oxygen atoms in total. The molecule has 0 radical (unpaired) electrons. The molecule has 8 heavy (non-hydrogen) atoms. The monoisotopic (exact) mass is 117 g/mol. The van der Waals surface area contributed by atoms with Crippen LogP contribution in [0.15, 0.2) is 0 Å². The standard InChI is InChI=1S/C3H11N5/c1-5-3-6-2(4)7-8-3/h2-3,5-8H,4H2,1H3. The Labute approximate surface area is 48.0 Å². The number of nitrogens with two attached hydrogens (primary N) is 1. The quantitative estimate of drug-likeness (QED) is 0.261. The zero-order valence-corrected chi connectivity index (χ0v) is 4.73. The van der Waals surface area contributed by atoms with Gasteiger partial charge in [-0.3, -0.25) is 10.6 Å². The van der Waals surface area contributed by atoms with Gasteiger partial charge in [0.1, 0.15) is 12.6 Å². The molecular formula is C3H11N5. The molecule has 6 N–H and O–H groups in total. The van der Waals surface area contributed by atoms with E-state index in [9.17, 15) is 0 Å². The third kappa shape index (κ3) is 1.15. The van der Waals surface area contributed by atoms with Crippen molar-refractivity contribution in [3.05, 3.63) is 0 Å². The molecule has 2 unspecified atom stereocenters. The van der Waals surface area contributed by atoms with Gasteiger partial charge in [-0.25, -0.2) is 10.9 Å². The van der Waals surface area contributed by atoms with Crippen molar-refractivity contribution in [3.8, 4) is 0 Å². The lowest BCUT2D eigenvalue weighted by Crippen LogP contribution is -2.45. The smallest absolute Gasteiger partial charge is 0.126 e. The number of rotatable bonds is 1. The Morgan fingerprint density at radius 3 is 2.50 bits per heavy atom. The molecule has 0 aromatic heterocycles. The number of hydrazine groups is 1. The summed E-state index contributed by atoms with van der Waals surface area (Å²) in [4.78, 5) is 0. The molecule has 0 aromatic carbocycles. The van der Waals surface area contributed by atoms with Crippen LogP contribution in [0.2, 0.25) is 0 Å². The zero-order valence-electron chi connectivity index (χ0n) is 4.73. The lowest BCUT2D eigenvalue weighted by atomic mass is 10.8. The van der Waals surface area contributed by atoms with E-state index >= 15 is 0 Å². The van der Waals surface area contributed by atoms with Gasteiger partial charge in [-0.15, -0.1) is 0 Å². The molecule has 2 atom stereocenters. The molecule has 0 saturated carbocycles. The van der Waals surface area contributed by atoms with Crippen molar-refractivity contribution in [1.29, 1.82) is 0 Å². The van der Waals surface area contributed by atoms with E-state index in [0.29, 0.717) is 0 Å². The first-order valence-electron chi connectivity index (χ1n) is 2.53. The minimum Gasteiger partial charge on any atom is -0.302 e. The van der Waals surface area contributed by atoms with Gasteiger partial charge in [-0.1, -0.05) is 0 Å². The average molecular weight is 117 g/mol. The van der Waals surface area contributed by atoms with Crippen molar-refractivity contribution in [2.75, 3.05) is 7.05 Å². The summed E-state index contributed by atoms with van der Waals surface area (Å²) in [5.41, 5.74) is 11.0. The summed E-state index contributed by atoms with van der Waals surface area (Å²) in [7, 11) is 1.84. The van der Waals surface area contributed by atoms with Crippen LogP contribution in [0.1, 0.15) is 0 Å². The third-order valence-electron chi connectivity index (χ3n) is 1.02. The largest absolute Gasteiger partial charge is 0.302 e. The van der Waals surface area contributed by atoms with Crippen LogP contribution >= 0.6 is 0 Å². The highest BCUT2D eigenvalue weighted by Crippen LogP contribution is 1.75. The molecule has 0 amide bonds. The van der Waals surface area contributed by atoms with Crippen molar-refractivity contribution in [2.45, 2.75) is 12.6 Å². The summed E-state index contributed by atoms with van der Waals surface area (Å²) in [6.45, 7) is 0. The highest BCUT2D eigenvalue weighted by atomic mass is 15.6. The van der Waals surface area contributed by atoms with E-state index in [-0.39, 0.29) is 12.6 Å². The topological polar surface area (TPSA) is 74.1 Å². The first-order valence-corrected chi connectivity index (χ1v) is 2.53. The summed E-state index contributed by atoms with van der Waals surface area (Å²) in [5, 5.41) is 5.88. The van der Waals surface area contributed by atoms with Gasteiger partial charge in [0.2, 0.25) is 0 Å². The Morgan fingerprint density at radius 2 is 2.25 bits per heavy atom. The second-order valence-corrected chi connectivity index (χ2v) is 1.65. The Hall–Kier alpha value is -0.200. The van der Waals surface area contributed by atoms with Crippen LogP contribution in [0.25, 0.3) is 0 Å². The van der Waals surface area contributed by atoms with Gasteiger partial charge in [0.25, 0.3) is 0 Å². The van der Waals surface area contributed by atoms with Gasteiger partial charge in [0.05, 0.1) is 0 Å². The molecule has 1 saturated heterocycles. The molecule has 1 rings (SSSR count). The molecule has 0 spiro atoms. The molecule has 1 fully saturated rings. The minimum absolute atomic E-state index is 0.0880. The molecule has 0 bridgehead atoms. The normalized spacial score (nSPS) is 38.2. The van der Waals surface area contributed by atoms with E-state index in [1.165, 1.54) is 0 Å². The van der Waals surface area contributed by atoms with E-state index < -0.39 is 0 Å². The fourth-order valence-corrected chi connectivity index (χ4v) is 0.592. The third-order valence-corrected chi connectivity index (χ3v) is 1.02. The van der Waals surface area contributed by atoms with Gasteiger partial charge < -0.3 is 5.73 Å². The predicted octanol–water partition coefficient (Wildman–Crippen LogP) is -2.57. The average Bonchev–Trinajstić information content (AvgIpc) is 2.14. The van der Waals surface area contributed by atoms with Crippen LogP contribution < -0.4 is 27.2 Å². The zero-order chi connectivity index (χ0) is 5.98. The van der Waals surface area contributed by atoms with Crippen molar-refractivity contribution in [2.24, 2.45) is 5.73 Å². The van der Waals surface area contributed by atoms with E-state index in [1.54, 1.807) is 0 Å². The molecule has 5 heteroatoms. The molecule has 1 aliphatic heterocycles. The van der Waals surface area contributed by atoms with Crippen molar-refractivity contribution in [3.63, 3.8) is 0 Å². The second kappa shape index (κ2) is 2.38. The minimum atomic E-state index is -0.146. The van der Waals surface area contributed by atoms with Gasteiger partial charge >= 0.3 is 0 Å². The molecule has 0 aliphatic carbocycles. The SMILES string of the molecule is CNC1NNC(N)N1. The second-order valence-electron chi connectivity index (χ2n) is 1.65. The molecule has 1 aliphatic rings. The van der Waals surface area contributed by atoms with E-state index in [4.69, 9.17) is 5.73 Å². The maximum absolute atomic E-state index is 5.38. The van der Waals surface area contributed by atoms with Gasteiger partial charge in [-0.05, 0) is 7.05 Å². The molecular weight excluding hydrogens is 106 g/mol. The Balaban J connectivity index is 2.22. The highest BCUT2D eigenvalue weighted by Gasteiger charge is 2.15. The first-order chi connectivity index (χ1) is 3.83. The molecule has 1 heterocycles. The van der Waals surface area contributed by atoms with Crippen molar-refractivity contribution in [1.82, 2.24) is 21.5 Å². The number of nitrogens with one attached hydrogen (secondary N) is 4. The number of hydrogen-bond acceptors (Lipinski definition) is 5. The van der Waals surface area contributed by atoms with E-state index in [1.807, 2.05) is 7.05 Å². The highest BCUT2D eigenvalue weighted by molar-refractivity contribution is 4.67. The van der Waals surface area contributed by atoms with Crippen molar-refractivity contribution < 1.29 is 0 Å². The van der Waals surface area contributed by atoms with Crippen LogP contribution in [-0.4, -0.2) is 19.6 Å². The fourth-order valence-electron chi connectivity index (χ4n) is 0.592.